The first-order chi connectivity index (χ1) is 8.16. The summed E-state index contributed by atoms with van der Waals surface area (Å²) in [7, 11) is 0. The Bertz CT molecular complexity index is 505. The Morgan fingerprint density at radius 1 is 1.35 bits per heavy atom. The minimum atomic E-state index is -0.211. The maximum absolute atomic E-state index is 11.8. The Labute approximate surface area is 99.0 Å². The van der Waals surface area contributed by atoms with Crippen molar-refractivity contribution in [3.05, 3.63) is 42.1 Å². The fourth-order valence-corrected chi connectivity index (χ4v) is 1.33. The average molecular weight is 232 g/mol. The number of hydrogen-bond acceptors (Lipinski definition) is 3. The molecule has 0 aliphatic rings. The molecule has 0 bridgehead atoms. The number of carbonyl (C=O) groups is 1. The first kappa shape index (κ1) is 11.3. The normalized spacial score (nSPS) is 10.5. The van der Waals surface area contributed by atoms with Crippen LogP contribution in [-0.4, -0.2) is 11.2 Å². The lowest BCUT2D eigenvalue weighted by atomic mass is 10.2. The molecule has 0 radical (unpaired) electrons. The van der Waals surface area contributed by atoms with E-state index in [1.54, 1.807) is 23.0 Å². The predicted octanol–water partition coefficient (Wildman–Crippen LogP) is 1.80. The number of rotatable bonds is 3. The van der Waals surface area contributed by atoms with E-state index in [1.807, 2.05) is 32.0 Å². The van der Waals surface area contributed by atoms with Crippen LogP contribution in [0.3, 0.4) is 0 Å². The first-order valence-corrected chi connectivity index (χ1v) is 5.41. The number of benzene rings is 1. The van der Waals surface area contributed by atoms with Gasteiger partial charge in [-0.3, -0.25) is 14.6 Å². The summed E-state index contributed by atoms with van der Waals surface area (Å²) in [5.41, 5.74) is 0.583. The van der Waals surface area contributed by atoms with Gasteiger partial charge in [-0.2, -0.15) is 0 Å². The van der Waals surface area contributed by atoms with Crippen LogP contribution in [0.25, 0.3) is 0 Å². The highest BCUT2D eigenvalue weighted by molar-refractivity contribution is 6.03. The summed E-state index contributed by atoms with van der Waals surface area (Å²) in [6.07, 6.45) is 1.66. The van der Waals surface area contributed by atoms with Crippen molar-refractivity contribution < 1.29 is 14.0 Å². The van der Waals surface area contributed by atoms with Crippen LogP contribution in [0, 0.1) is 0 Å². The number of hydrogen-bond donors (Lipinski definition) is 1. The van der Waals surface area contributed by atoms with Crippen molar-refractivity contribution in [1.82, 2.24) is 5.27 Å². The molecule has 0 fully saturated rings. The third-order valence-electron chi connectivity index (χ3n) is 2.28. The molecule has 0 unspecified atom stereocenters. The molecule has 5 nitrogen and oxygen atoms in total. The number of amides is 1. The van der Waals surface area contributed by atoms with Crippen molar-refractivity contribution in [2.24, 2.45) is 0 Å². The summed E-state index contributed by atoms with van der Waals surface area (Å²) < 4.78 is 6.64. The van der Waals surface area contributed by atoms with Crippen LogP contribution in [-0.2, 0) is 0 Å². The molecule has 1 amide bonds. The fourth-order valence-electron chi connectivity index (χ4n) is 1.33. The van der Waals surface area contributed by atoms with Crippen molar-refractivity contribution in [3.8, 4) is 0 Å². The molecular formula is C12H14N3O2+. The second-order valence-corrected chi connectivity index (χ2v) is 3.96. The number of nitrogens with zero attached hydrogens (tertiary/aromatic N) is 2. The molecule has 88 valence electrons. The van der Waals surface area contributed by atoms with Crippen molar-refractivity contribution in [1.29, 1.82) is 0 Å². The lowest BCUT2D eigenvalue weighted by Crippen LogP contribution is -2.36. The molecule has 1 aromatic heterocycles. The van der Waals surface area contributed by atoms with Gasteiger partial charge in [-0.1, -0.05) is 18.2 Å². The maximum atomic E-state index is 11.8. The highest BCUT2D eigenvalue weighted by Gasteiger charge is 2.17. The van der Waals surface area contributed by atoms with Gasteiger partial charge in [-0.15, -0.1) is 0 Å². The van der Waals surface area contributed by atoms with Crippen LogP contribution in [0.4, 0.5) is 5.88 Å². The molecule has 0 saturated carbocycles. The van der Waals surface area contributed by atoms with E-state index in [0.717, 1.165) is 0 Å². The van der Waals surface area contributed by atoms with Gasteiger partial charge in [0.15, 0.2) is 6.04 Å². The zero-order valence-corrected chi connectivity index (χ0v) is 9.75. The average Bonchev–Trinajstić information content (AvgIpc) is 2.79. The molecule has 17 heavy (non-hydrogen) atoms. The van der Waals surface area contributed by atoms with E-state index in [1.165, 1.54) is 0 Å². The van der Waals surface area contributed by atoms with Gasteiger partial charge in [0, 0.05) is 5.56 Å². The van der Waals surface area contributed by atoms with Crippen molar-refractivity contribution in [3.63, 3.8) is 0 Å². The quantitative estimate of drug-likeness (QED) is 0.821. The number of nitrogens with one attached hydrogen (secondary N) is 1. The van der Waals surface area contributed by atoms with E-state index in [0.29, 0.717) is 11.4 Å². The van der Waals surface area contributed by atoms with E-state index in [-0.39, 0.29) is 11.9 Å². The highest BCUT2D eigenvalue weighted by atomic mass is 16.5. The second kappa shape index (κ2) is 4.78. The number of anilines is 1. The Hall–Kier alpha value is -2.17. The van der Waals surface area contributed by atoms with Gasteiger partial charge in [0.1, 0.15) is 0 Å². The molecular weight excluding hydrogens is 218 g/mol. The monoisotopic (exact) mass is 232 g/mol. The van der Waals surface area contributed by atoms with E-state index in [9.17, 15) is 4.79 Å². The lowest BCUT2D eigenvalue weighted by molar-refractivity contribution is -0.779. The van der Waals surface area contributed by atoms with Gasteiger partial charge >= 0.3 is 5.88 Å². The smallest absolute Gasteiger partial charge is 0.285 e. The molecule has 0 atom stereocenters. The summed E-state index contributed by atoms with van der Waals surface area (Å²) in [4.78, 5) is 11.8. The van der Waals surface area contributed by atoms with E-state index < -0.39 is 0 Å². The Kier molecular flexibility index (Phi) is 3.18. The summed E-state index contributed by atoms with van der Waals surface area (Å²) in [5.74, 6) is 0.130. The molecule has 1 aromatic carbocycles. The molecule has 0 aliphatic heterocycles. The van der Waals surface area contributed by atoms with Crippen molar-refractivity contribution in [2.45, 2.75) is 19.9 Å². The van der Waals surface area contributed by atoms with Crippen LogP contribution < -0.4 is 10.00 Å². The second-order valence-electron chi connectivity index (χ2n) is 3.96. The van der Waals surface area contributed by atoms with Gasteiger partial charge in [0.25, 0.3) is 12.1 Å². The SMILES string of the molecule is CC(C)[n+]1cc(NC(=O)c2ccccc2)on1. The highest BCUT2D eigenvalue weighted by Crippen LogP contribution is 2.06. The van der Waals surface area contributed by atoms with Crippen LogP contribution >= 0.6 is 0 Å². The van der Waals surface area contributed by atoms with Crippen molar-refractivity contribution in [2.75, 3.05) is 5.32 Å². The minimum absolute atomic E-state index is 0.195. The topological polar surface area (TPSA) is 59.0 Å². The summed E-state index contributed by atoms with van der Waals surface area (Å²) in [6, 6.07) is 9.15. The van der Waals surface area contributed by atoms with Gasteiger partial charge in [0.2, 0.25) is 5.27 Å². The molecule has 0 aliphatic carbocycles. The number of carbonyl (C=O) groups excluding carboxylic acids is 1. The summed E-state index contributed by atoms with van der Waals surface area (Å²) in [5, 5.41) is 6.43. The Balaban J connectivity index is 2.08. The first-order valence-electron chi connectivity index (χ1n) is 5.41. The van der Waals surface area contributed by atoms with E-state index >= 15 is 0 Å². The third-order valence-corrected chi connectivity index (χ3v) is 2.28. The van der Waals surface area contributed by atoms with Gasteiger partial charge in [-0.05, 0) is 30.7 Å². The molecule has 1 heterocycles. The van der Waals surface area contributed by atoms with Crippen molar-refractivity contribution >= 4 is 11.8 Å². The van der Waals surface area contributed by atoms with Gasteiger partial charge in [-0.25, -0.2) is 0 Å². The standard InChI is InChI=1S/C12H13N3O2/c1-9(2)15-8-11(17-14-15)13-12(16)10-6-4-3-5-7-10/h3-9H,1-2H3/p+1. The largest absolute Gasteiger partial charge is 0.302 e. The lowest BCUT2D eigenvalue weighted by Gasteiger charge is -1.98. The van der Waals surface area contributed by atoms with E-state index in [2.05, 4.69) is 10.6 Å². The van der Waals surface area contributed by atoms with Crippen LogP contribution in [0.1, 0.15) is 30.2 Å². The molecule has 0 spiro atoms. The van der Waals surface area contributed by atoms with Gasteiger partial charge < -0.3 is 0 Å². The molecule has 2 aromatic rings. The maximum Gasteiger partial charge on any atom is 0.302 e. The molecule has 1 N–H and O–H groups in total. The van der Waals surface area contributed by atoms with Gasteiger partial charge in [0.05, 0.1) is 0 Å². The van der Waals surface area contributed by atoms with Crippen LogP contribution in [0.15, 0.2) is 41.1 Å². The molecule has 0 saturated heterocycles. The zero-order valence-electron chi connectivity index (χ0n) is 9.75. The van der Waals surface area contributed by atoms with E-state index in [4.69, 9.17) is 4.52 Å². The molecule has 5 heteroatoms. The zero-order chi connectivity index (χ0) is 12.3. The number of aromatic nitrogens is 2. The van der Waals surface area contributed by atoms with Crippen LogP contribution in [0.2, 0.25) is 0 Å². The fraction of sp³-hybridized carbons (Fsp3) is 0.250. The summed E-state index contributed by atoms with van der Waals surface area (Å²) >= 11 is 0. The van der Waals surface area contributed by atoms with Crippen LogP contribution in [0.5, 0.6) is 0 Å². The minimum Gasteiger partial charge on any atom is -0.285 e. The summed E-state index contributed by atoms with van der Waals surface area (Å²) in [6.45, 7) is 3.95. The predicted molar refractivity (Wildman–Crippen MR) is 61.5 cm³/mol. The molecule has 2 rings (SSSR count). The third kappa shape index (κ3) is 2.69. The Morgan fingerprint density at radius 2 is 2.06 bits per heavy atom. The Morgan fingerprint density at radius 3 is 2.65 bits per heavy atom.